The summed E-state index contributed by atoms with van der Waals surface area (Å²) < 4.78 is 5.05. The zero-order valence-corrected chi connectivity index (χ0v) is 11.4. The number of carbonyl (C=O) groups is 1. The van der Waals surface area contributed by atoms with Crippen LogP contribution in [0, 0.1) is 5.92 Å². The molecule has 3 nitrogen and oxygen atoms in total. The standard InChI is InChI=1S/C14H27NO2/c1-4-5-6-7-8-9-10-13(15)14(16)17-11-12(2)3/h9-10,12-13H,4-8,11,15H2,1-3H3/b10-9-. The van der Waals surface area contributed by atoms with Gasteiger partial charge in [-0.05, 0) is 18.8 Å². The molecule has 0 spiro atoms. The summed E-state index contributed by atoms with van der Waals surface area (Å²) in [5.74, 6) is 0.0210. The molecule has 17 heavy (non-hydrogen) atoms. The van der Waals surface area contributed by atoms with Crippen molar-refractivity contribution in [2.24, 2.45) is 11.7 Å². The van der Waals surface area contributed by atoms with E-state index in [2.05, 4.69) is 6.92 Å². The van der Waals surface area contributed by atoms with Gasteiger partial charge in [0.05, 0.1) is 6.61 Å². The molecule has 0 aliphatic carbocycles. The van der Waals surface area contributed by atoms with Crippen LogP contribution < -0.4 is 5.73 Å². The van der Waals surface area contributed by atoms with Crippen molar-refractivity contribution >= 4 is 5.97 Å². The van der Waals surface area contributed by atoms with Crippen LogP contribution in [0.5, 0.6) is 0 Å². The topological polar surface area (TPSA) is 52.3 Å². The summed E-state index contributed by atoms with van der Waals surface area (Å²) in [5, 5.41) is 0. The molecule has 0 saturated carbocycles. The molecule has 1 unspecified atom stereocenters. The number of rotatable bonds is 9. The zero-order chi connectivity index (χ0) is 13.1. The second-order valence-corrected chi connectivity index (χ2v) is 4.83. The van der Waals surface area contributed by atoms with Gasteiger partial charge in [-0.15, -0.1) is 0 Å². The fourth-order valence-corrected chi connectivity index (χ4v) is 1.36. The van der Waals surface area contributed by atoms with Crippen LogP contribution in [0.4, 0.5) is 0 Å². The van der Waals surface area contributed by atoms with Gasteiger partial charge in [0.15, 0.2) is 0 Å². The highest BCUT2D eigenvalue weighted by Gasteiger charge is 2.11. The van der Waals surface area contributed by atoms with Gasteiger partial charge in [0, 0.05) is 0 Å². The summed E-state index contributed by atoms with van der Waals surface area (Å²) in [6, 6.07) is -0.611. The Morgan fingerprint density at radius 3 is 2.59 bits per heavy atom. The van der Waals surface area contributed by atoms with Crippen molar-refractivity contribution in [1.82, 2.24) is 0 Å². The number of unbranched alkanes of at least 4 members (excludes halogenated alkanes) is 4. The van der Waals surface area contributed by atoms with Crippen LogP contribution in [0.25, 0.3) is 0 Å². The smallest absolute Gasteiger partial charge is 0.326 e. The lowest BCUT2D eigenvalue weighted by Gasteiger charge is -2.09. The molecule has 3 heteroatoms. The predicted octanol–water partition coefficient (Wildman–Crippen LogP) is 3.04. The Balaban J connectivity index is 3.64. The molecular weight excluding hydrogens is 214 g/mol. The first-order valence-corrected chi connectivity index (χ1v) is 6.66. The van der Waals surface area contributed by atoms with E-state index in [-0.39, 0.29) is 5.97 Å². The third-order valence-electron chi connectivity index (χ3n) is 2.40. The molecule has 0 bridgehead atoms. The number of esters is 1. The van der Waals surface area contributed by atoms with Gasteiger partial charge < -0.3 is 10.5 Å². The zero-order valence-electron chi connectivity index (χ0n) is 11.4. The Morgan fingerprint density at radius 1 is 1.29 bits per heavy atom. The van der Waals surface area contributed by atoms with Crippen molar-refractivity contribution in [3.63, 3.8) is 0 Å². The fraction of sp³-hybridized carbons (Fsp3) is 0.786. The van der Waals surface area contributed by atoms with E-state index in [4.69, 9.17) is 10.5 Å². The number of hydrogen-bond donors (Lipinski definition) is 1. The number of ether oxygens (including phenoxy) is 1. The lowest BCUT2D eigenvalue weighted by molar-refractivity contribution is -0.145. The summed E-state index contributed by atoms with van der Waals surface area (Å²) in [5.41, 5.74) is 5.68. The van der Waals surface area contributed by atoms with Crippen molar-refractivity contribution in [3.05, 3.63) is 12.2 Å². The summed E-state index contributed by atoms with van der Waals surface area (Å²) in [4.78, 5) is 11.4. The molecule has 0 rings (SSSR count). The summed E-state index contributed by atoms with van der Waals surface area (Å²) in [7, 11) is 0. The van der Waals surface area contributed by atoms with Crippen molar-refractivity contribution in [2.45, 2.75) is 58.9 Å². The van der Waals surface area contributed by atoms with Crippen LogP contribution in [0.3, 0.4) is 0 Å². The maximum Gasteiger partial charge on any atom is 0.326 e. The van der Waals surface area contributed by atoms with Crippen molar-refractivity contribution < 1.29 is 9.53 Å². The summed E-state index contributed by atoms with van der Waals surface area (Å²) >= 11 is 0. The van der Waals surface area contributed by atoms with E-state index < -0.39 is 6.04 Å². The first-order chi connectivity index (χ1) is 8.07. The highest BCUT2D eigenvalue weighted by Crippen LogP contribution is 2.03. The first-order valence-electron chi connectivity index (χ1n) is 6.66. The van der Waals surface area contributed by atoms with Crippen LogP contribution in [0.15, 0.2) is 12.2 Å². The van der Waals surface area contributed by atoms with Crippen LogP contribution in [-0.2, 0) is 9.53 Å². The molecule has 0 aromatic carbocycles. The van der Waals surface area contributed by atoms with Crippen LogP contribution in [0.1, 0.15) is 52.9 Å². The number of carbonyl (C=O) groups excluding carboxylic acids is 1. The third-order valence-corrected chi connectivity index (χ3v) is 2.40. The second-order valence-electron chi connectivity index (χ2n) is 4.83. The average molecular weight is 241 g/mol. The van der Waals surface area contributed by atoms with Gasteiger partial charge >= 0.3 is 5.97 Å². The minimum Gasteiger partial charge on any atom is -0.464 e. The molecule has 0 amide bonds. The van der Waals surface area contributed by atoms with Gasteiger partial charge in [-0.25, -0.2) is 0 Å². The van der Waals surface area contributed by atoms with E-state index in [9.17, 15) is 4.79 Å². The molecule has 0 aromatic rings. The van der Waals surface area contributed by atoms with Crippen LogP contribution >= 0.6 is 0 Å². The molecule has 0 aliphatic rings. The largest absolute Gasteiger partial charge is 0.464 e. The van der Waals surface area contributed by atoms with Gasteiger partial charge in [0.1, 0.15) is 6.04 Å². The maximum atomic E-state index is 11.4. The monoisotopic (exact) mass is 241 g/mol. The molecule has 2 N–H and O–H groups in total. The maximum absolute atomic E-state index is 11.4. The minimum atomic E-state index is -0.611. The summed E-state index contributed by atoms with van der Waals surface area (Å²) in [6.45, 7) is 6.64. The average Bonchev–Trinajstić information content (AvgIpc) is 2.30. The van der Waals surface area contributed by atoms with E-state index in [1.807, 2.05) is 19.9 Å². The number of hydrogen-bond acceptors (Lipinski definition) is 3. The number of nitrogens with two attached hydrogens (primary N) is 1. The fourth-order valence-electron chi connectivity index (χ4n) is 1.36. The quantitative estimate of drug-likeness (QED) is 0.383. The van der Waals surface area contributed by atoms with E-state index >= 15 is 0 Å². The lowest BCUT2D eigenvalue weighted by atomic mass is 10.1. The van der Waals surface area contributed by atoms with Crippen molar-refractivity contribution in [3.8, 4) is 0 Å². The normalized spacial score (nSPS) is 13.2. The molecule has 0 aromatic heterocycles. The van der Waals surface area contributed by atoms with Gasteiger partial charge in [0.2, 0.25) is 0 Å². The molecule has 0 fully saturated rings. The first kappa shape index (κ1) is 16.2. The SMILES string of the molecule is CCCCCC/C=C\C(N)C(=O)OCC(C)C. The van der Waals surface area contributed by atoms with E-state index in [0.29, 0.717) is 12.5 Å². The molecule has 0 aliphatic heterocycles. The highest BCUT2D eigenvalue weighted by molar-refractivity contribution is 5.77. The van der Waals surface area contributed by atoms with Crippen molar-refractivity contribution in [2.75, 3.05) is 6.61 Å². The Bertz CT molecular complexity index is 224. The highest BCUT2D eigenvalue weighted by atomic mass is 16.5. The molecule has 1 atom stereocenters. The summed E-state index contributed by atoms with van der Waals surface area (Å²) in [6.07, 6.45) is 9.64. The van der Waals surface area contributed by atoms with E-state index in [1.54, 1.807) is 6.08 Å². The minimum absolute atomic E-state index is 0.330. The van der Waals surface area contributed by atoms with Gasteiger partial charge in [-0.3, -0.25) is 4.79 Å². The molecule has 0 saturated heterocycles. The van der Waals surface area contributed by atoms with Gasteiger partial charge in [0.25, 0.3) is 0 Å². The van der Waals surface area contributed by atoms with Crippen molar-refractivity contribution in [1.29, 1.82) is 0 Å². The Kier molecular flexibility index (Phi) is 9.83. The van der Waals surface area contributed by atoms with Crippen LogP contribution in [0.2, 0.25) is 0 Å². The number of allylic oxidation sites excluding steroid dienone is 1. The van der Waals surface area contributed by atoms with Crippen LogP contribution in [-0.4, -0.2) is 18.6 Å². The Hall–Kier alpha value is -0.830. The van der Waals surface area contributed by atoms with Gasteiger partial charge in [-0.1, -0.05) is 52.2 Å². The lowest BCUT2D eigenvalue weighted by Crippen LogP contribution is -2.31. The molecule has 100 valence electrons. The molecule has 0 radical (unpaired) electrons. The third kappa shape index (κ3) is 10.1. The Morgan fingerprint density at radius 2 is 2.00 bits per heavy atom. The predicted molar refractivity (Wildman–Crippen MR) is 71.7 cm³/mol. The van der Waals surface area contributed by atoms with Gasteiger partial charge in [-0.2, -0.15) is 0 Å². The second kappa shape index (κ2) is 10.3. The van der Waals surface area contributed by atoms with E-state index in [0.717, 1.165) is 12.8 Å². The Labute approximate surface area is 105 Å². The molecular formula is C14H27NO2. The molecule has 0 heterocycles. The van der Waals surface area contributed by atoms with E-state index in [1.165, 1.54) is 19.3 Å².